The van der Waals surface area contributed by atoms with Crippen LogP contribution < -0.4 is 9.64 Å². The Balaban J connectivity index is 1.50. The minimum absolute atomic E-state index is 0.0304. The maximum absolute atomic E-state index is 12.5. The molecule has 32 heavy (non-hydrogen) atoms. The van der Waals surface area contributed by atoms with E-state index in [1.54, 1.807) is 16.2 Å². The molecule has 1 amide bonds. The van der Waals surface area contributed by atoms with Gasteiger partial charge in [-0.25, -0.2) is 9.78 Å². The van der Waals surface area contributed by atoms with Crippen LogP contribution in [0.3, 0.4) is 0 Å². The third-order valence-electron chi connectivity index (χ3n) is 5.21. The molecule has 0 saturated carbocycles. The Morgan fingerprint density at radius 3 is 2.62 bits per heavy atom. The van der Waals surface area contributed by atoms with Crippen molar-refractivity contribution in [2.45, 2.75) is 45.9 Å². The number of rotatable bonds is 4. The monoisotopic (exact) mass is 517 g/mol. The summed E-state index contributed by atoms with van der Waals surface area (Å²) in [5, 5.41) is 0.937. The van der Waals surface area contributed by atoms with Crippen LogP contribution in [0.25, 0.3) is 10.2 Å². The Hall–Kier alpha value is -2.32. The van der Waals surface area contributed by atoms with Crippen molar-refractivity contribution in [2.75, 3.05) is 24.5 Å². The summed E-state index contributed by atoms with van der Waals surface area (Å²) in [5.41, 5.74) is 1.53. The van der Waals surface area contributed by atoms with Gasteiger partial charge in [-0.1, -0.05) is 41.7 Å². The smallest absolute Gasteiger partial charge is 0.410 e. The number of amides is 1. The van der Waals surface area contributed by atoms with Crippen LogP contribution in [0.5, 0.6) is 5.75 Å². The average molecular weight is 518 g/mol. The van der Waals surface area contributed by atoms with Crippen molar-refractivity contribution in [3.05, 3.63) is 52.5 Å². The first-order valence-corrected chi connectivity index (χ1v) is 12.3. The molecule has 0 spiro atoms. The number of carbonyl (C=O) groups excluding carboxylic acids is 1. The first-order valence-electron chi connectivity index (χ1n) is 10.7. The highest BCUT2D eigenvalue weighted by Crippen LogP contribution is 2.40. The third kappa shape index (κ3) is 5.18. The van der Waals surface area contributed by atoms with E-state index in [4.69, 9.17) is 14.5 Å². The first kappa shape index (κ1) is 22.9. The number of hydrogen-bond donors (Lipinski definition) is 0. The number of aromatic nitrogens is 1. The lowest BCUT2D eigenvalue weighted by Crippen LogP contribution is -2.55. The van der Waals surface area contributed by atoms with E-state index in [9.17, 15) is 4.79 Å². The van der Waals surface area contributed by atoms with E-state index in [-0.39, 0.29) is 12.1 Å². The summed E-state index contributed by atoms with van der Waals surface area (Å²) >= 11 is 5.26. The topological polar surface area (TPSA) is 54.9 Å². The number of fused-ring (bicyclic) bond motifs is 1. The van der Waals surface area contributed by atoms with E-state index >= 15 is 0 Å². The van der Waals surface area contributed by atoms with Crippen LogP contribution in [0.4, 0.5) is 9.93 Å². The molecule has 1 aliphatic heterocycles. The lowest BCUT2D eigenvalue weighted by Gasteiger charge is -2.40. The van der Waals surface area contributed by atoms with Crippen LogP contribution in [0.2, 0.25) is 0 Å². The molecule has 0 N–H and O–H groups in total. The predicted molar refractivity (Wildman–Crippen MR) is 133 cm³/mol. The zero-order valence-electron chi connectivity index (χ0n) is 18.8. The van der Waals surface area contributed by atoms with Crippen LogP contribution in [0.1, 0.15) is 33.3 Å². The molecular formula is C24H28BrN3O3S. The van der Waals surface area contributed by atoms with Gasteiger partial charge in [0, 0.05) is 30.1 Å². The molecule has 0 bridgehead atoms. The van der Waals surface area contributed by atoms with E-state index in [1.807, 2.05) is 58.0 Å². The fraction of sp³-hybridized carbons (Fsp3) is 0.417. The number of piperazine rings is 1. The summed E-state index contributed by atoms with van der Waals surface area (Å²) in [4.78, 5) is 21.5. The SMILES string of the molecule is C[C@H]1CN(c2nc3c(Br)ccc(OCc4ccccc4)c3s2)CCN1C(=O)OC(C)(C)C. The highest BCUT2D eigenvalue weighted by molar-refractivity contribution is 9.10. The Morgan fingerprint density at radius 2 is 1.94 bits per heavy atom. The fourth-order valence-corrected chi connectivity index (χ4v) is 5.29. The highest BCUT2D eigenvalue weighted by atomic mass is 79.9. The number of nitrogens with zero attached hydrogens (tertiary/aromatic N) is 3. The molecule has 0 radical (unpaired) electrons. The molecule has 1 saturated heterocycles. The van der Waals surface area contributed by atoms with Gasteiger partial charge in [-0.05, 0) is 61.3 Å². The quantitative estimate of drug-likeness (QED) is 0.419. The predicted octanol–water partition coefficient (Wildman–Crippen LogP) is 6.08. The van der Waals surface area contributed by atoms with Crippen molar-refractivity contribution >= 4 is 48.7 Å². The van der Waals surface area contributed by atoms with E-state index < -0.39 is 5.60 Å². The molecule has 1 fully saturated rings. The van der Waals surface area contributed by atoms with Gasteiger partial charge in [-0.15, -0.1) is 0 Å². The van der Waals surface area contributed by atoms with Gasteiger partial charge < -0.3 is 19.3 Å². The molecule has 0 unspecified atom stereocenters. The number of benzene rings is 2. The van der Waals surface area contributed by atoms with Gasteiger partial charge in [0.2, 0.25) is 0 Å². The summed E-state index contributed by atoms with van der Waals surface area (Å²) in [5.74, 6) is 0.830. The lowest BCUT2D eigenvalue weighted by molar-refractivity contribution is 0.0159. The second-order valence-corrected chi connectivity index (χ2v) is 10.8. The van der Waals surface area contributed by atoms with Crippen LogP contribution in [0, 0.1) is 0 Å². The minimum atomic E-state index is -0.497. The normalized spacial score (nSPS) is 17.0. The zero-order valence-corrected chi connectivity index (χ0v) is 21.2. The van der Waals surface area contributed by atoms with Crippen molar-refractivity contribution in [3.63, 3.8) is 0 Å². The first-order chi connectivity index (χ1) is 15.2. The number of thiazole rings is 1. The van der Waals surface area contributed by atoms with E-state index in [0.29, 0.717) is 26.2 Å². The van der Waals surface area contributed by atoms with Crippen LogP contribution in [-0.2, 0) is 11.3 Å². The molecule has 2 aromatic carbocycles. The van der Waals surface area contributed by atoms with Gasteiger partial charge in [0.15, 0.2) is 5.13 Å². The zero-order chi connectivity index (χ0) is 22.9. The standard InChI is InChI=1S/C24H28BrN3O3S/c1-16-14-27(12-13-28(16)23(29)31-24(2,3)4)22-26-20-18(25)10-11-19(21(20)32-22)30-15-17-8-6-5-7-9-17/h5-11,16H,12-15H2,1-4H3/t16-/m0/s1. The molecule has 1 atom stereocenters. The van der Waals surface area contributed by atoms with E-state index in [2.05, 4.69) is 33.0 Å². The van der Waals surface area contributed by atoms with Gasteiger partial charge in [0.1, 0.15) is 23.5 Å². The van der Waals surface area contributed by atoms with E-state index in [0.717, 1.165) is 31.1 Å². The maximum atomic E-state index is 12.5. The summed E-state index contributed by atoms with van der Waals surface area (Å²) in [6.45, 7) is 10.2. The van der Waals surface area contributed by atoms with Crippen molar-refractivity contribution in [1.29, 1.82) is 0 Å². The average Bonchev–Trinajstić information content (AvgIpc) is 3.19. The molecule has 1 aliphatic rings. The summed E-state index contributed by atoms with van der Waals surface area (Å²) in [6, 6.07) is 14.1. The Kier molecular flexibility index (Phi) is 6.62. The Labute approximate surface area is 201 Å². The minimum Gasteiger partial charge on any atom is -0.487 e. The summed E-state index contributed by atoms with van der Waals surface area (Å²) < 4.78 is 13.7. The third-order valence-corrected chi connectivity index (χ3v) is 6.98. The van der Waals surface area contributed by atoms with Gasteiger partial charge >= 0.3 is 6.09 Å². The number of anilines is 1. The Morgan fingerprint density at radius 1 is 1.19 bits per heavy atom. The van der Waals surface area contributed by atoms with Crippen molar-refractivity contribution in [2.24, 2.45) is 0 Å². The molecular weight excluding hydrogens is 490 g/mol. The summed E-state index contributed by atoms with van der Waals surface area (Å²) in [6.07, 6.45) is -0.256. The van der Waals surface area contributed by atoms with Gasteiger partial charge in [-0.3, -0.25) is 0 Å². The van der Waals surface area contributed by atoms with Crippen LogP contribution in [0.15, 0.2) is 46.9 Å². The molecule has 8 heteroatoms. The number of ether oxygens (including phenoxy) is 2. The number of halogens is 1. The van der Waals surface area contributed by atoms with Crippen LogP contribution in [-0.4, -0.2) is 47.3 Å². The molecule has 170 valence electrons. The second kappa shape index (κ2) is 9.27. The van der Waals surface area contributed by atoms with E-state index in [1.165, 1.54) is 0 Å². The fourth-order valence-electron chi connectivity index (χ4n) is 3.65. The highest BCUT2D eigenvalue weighted by Gasteiger charge is 2.32. The van der Waals surface area contributed by atoms with Crippen molar-refractivity contribution in [3.8, 4) is 5.75 Å². The molecule has 3 aromatic rings. The van der Waals surface area contributed by atoms with Crippen molar-refractivity contribution in [1.82, 2.24) is 9.88 Å². The Bertz CT molecular complexity index is 1100. The lowest BCUT2D eigenvalue weighted by atomic mass is 10.2. The van der Waals surface area contributed by atoms with Crippen LogP contribution >= 0.6 is 27.3 Å². The van der Waals surface area contributed by atoms with Gasteiger partial charge in [-0.2, -0.15) is 0 Å². The molecule has 2 heterocycles. The number of hydrogen-bond acceptors (Lipinski definition) is 6. The second-order valence-electron chi connectivity index (χ2n) is 8.96. The molecule has 6 nitrogen and oxygen atoms in total. The van der Waals surface area contributed by atoms with Gasteiger partial charge in [0.25, 0.3) is 0 Å². The van der Waals surface area contributed by atoms with Gasteiger partial charge in [0.05, 0.1) is 4.70 Å². The largest absolute Gasteiger partial charge is 0.487 e. The molecule has 1 aromatic heterocycles. The van der Waals surface area contributed by atoms with Crippen molar-refractivity contribution < 1.29 is 14.3 Å². The maximum Gasteiger partial charge on any atom is 0.410 e. The summed E-state index contributed by atoms with van der Waals surface area (Å²) in [7, 11) is 0. The molecule has 4 rings (SSSR count). The molecule has 0 aliphatic carbocycles. The number of carbonyl (C=O) groups is 1.